The molecule has 0 aromatic rings. The van der Waals surface area contributed by atoms with Gasteiger partial charge in [-0.25, -0.2) is 0 Å². The highest BCUT2D eigenvalue weighted by Crippen LogP contribution is 2.26. The van der Waals surface area contributed by atoms with Gasteiger partial charge in [0, 0.05) is 25.1 Å². The molecular formula is C11H22ClNO. The molecule has 0 aliphatic heterocycles. The first-order valence-corrected chi connectivity index (χ1v) is 5.96. The monoisotopic (exact) mass is 219 g/mol. The Hall–Kier alpha value is 0.210. The van der Waals surface area contributed by atoms with Gasteiger partial charge in [0.15, 0.2) is 0 Å². The van der Waals surface area contributed by atoms with E-state index in [1.807, 2.05) is 0 Å². The van der Waals surface area contributed by atoms with E-state index in [0.29, 0.717) is 17.5 Å². The molecule has 14 heavy (non-hydrogen) atoms. The molecule has 0 aromatic heterocycles. The van der Waals surface area contributed by atoms with Gasteiger partial charge in [0.25, 0.3) is 0 Å². The van der Waals surface area contributed by atoms with Crippen LogP contribution in [0.4, 0.5) is 0 Å². The van der Waals surface area contributed by atoms with Gasteiger partial charge in [0.1, 0.15) is 0 Å². The first-order chi connectivity index (χ1) is 6.65. The Balaban J connectivity index is 2.37. The van der Waals surface area contributed by atoms with Crippen molar-refractivity contribution < 1.29 is 4.74 Å². The summed E-state index contributed by atoms with van der Waals surface area (Å²) >= 11 is 6.32. The quantitative estimate of drug-likeness (QED) is 0.674. The summed E-state index contributed by atoms with van der Waals surface area (Å²) in [6, 6.07) is 0.544. The summed E-state index contributed by atoms with van der Waals surface area (Å²) in [7, 11) is 3.92. The van der Waals surface area contributed by atoms with E-state index in [1.165, 1.54) is 19.3 Å². The summed E-state index contributed by atoms with van der Waals surface area (Å²) in [4.78, 5) is 2.35. The van der Waals surface area contributed by atoms with Crippen LogP contribution in [0.2, 0.25) is 0 Å². The lowest BCUT2D eigenvalue weighted by Crippen LogP contribution is -2.44. The fourth-order valence-corrected chi connectivity index (χ4v) is 2.65. The van der Waals surface area contributed by atoms with Gasteiger partial charge in [-0.05, 0) is 26.8 Å². The van der Waals surface area contributed by atoms with Gasteiger partial charge >= 0.3 is 0 Å². The fraction of sp³-hybridized carbons (Fsp3) is 1.00. The highest BCUT2D eigenvalue weighted by Gasteiger charge is 2.27. The minimum Gasteiger partial charge on any atom is -0.380 e. The average molecular weight is 220 g/mol. The maximum atomic E-state index is 6.32. The third-order valence-corrected chi connectivity index (χ3v) is 3.67. The van der Waals surface area contributed by atoms with Crippen molar-refractivity contribution in [2.24, 2.45) is 0 Å². The van der Waals surface area contributed by atoms with E-state index in [0.717, 1.165) is 13.0 Å². The van der Waals surface area contributed by atoms with E-state index in [9.17, 15) is 0 Å². The fourth-order valence-electron chi connectivity index (χ4n) is 2.18. The molecule has 1 aliphatic carbocycles. The molecule has 0 amide bonds. The van der Waals surface area contributed by atoms with Gasteiger partial charge < -0.3 is 4.74 Å². The van der Waals surface area contributed by atoms with Gasteiger partial charge in [-0.2, -0.15) is 0 Å². The number of halogens is 1. The SMILES string of the molecule is COC(C)CN(C)C1CCCCC1Cl. The van der Waals surface area contributed by atoms with Gasteiger partial charge in [-0.15, -0.1) is 11.6 Å². The summed E-state index contributed by atoms with van der Waals surface area (Å²) in [5, 5.41) is 0.331. The lowest BCUT2D eigenvalue weighted by molar-refractivity contribution is 0.0648. The number of likely N-dealkylation sites (N-methyl/N-ethyl adjacent to an activating group) is 1. The minimum atomic E-state index is 0.297. The second-order valence-corrected chi connectivity index (χ2v) is 4.91. The van der Waals surface area contributed by atoms with E-state index in [2.05, 4.69) is 18.9 Å². The number of alkyl halides is 1. The number of rotatable bonds is 4. The van der Waals surface area contributed by atoms with E-state index >= 15 is 0 Å². The average Bonchev–Trinajstić information content (AvgIpc) is 2.18. The molecule has 0 heterocycles. The summed E-state index contributed by atoms with van der Waals surface area (Å²) in [5.41, 5.74) is 0. The number of methoxy groups -OCH3 is 1. The van der Waals surface area contributed by atoms with Crippen LogP contribution >= 0.6 is 11.6 Å². The van der Waals surface area contributed by atoms with Crippen molar-refractivity contribution in [3.8, 4) is 0 Å². The van der Waals surface area contributed by atoms with Crippen LogP contribution in [-0.2, 0) is 4.74 Å². The molecule has 2 nitrogen and oxygen atoms in total. The van der Waals surface area contributed by atoms with Gasteiger partial charge in [-0.1, -0.05) is 12.8 Å². The zero-order chi connectivity index (χ0) is 10.6. The van der Waals surface area contributed by atoms with Crippen LogP contribution in [0.5, 0.6) is 0 Å². The Morgan fingerprint density at radius 2 is 2.07 bits per heavy atom. The summed E-state index contributed by atoms with van der Waals surface area (Å²) in [6.07, 6.45) is 5.31. The Kier molecular flexibility index (Phi) is 5.21. The second-order valence-electron chi connectivity index (χ2n) is 4.35. The number of nitrogens with zero attached hydrogens (tertiary/aromatic N) is 1. The van der Waals surface area contributed by atoms with Crippen molar-refractivity contribution in [3.63, 3.8) is 0 Å². The lowest BCUT2D eigenvalue weighted by Gasteiger charge is -2.35. The lowest BCUT2D eigenvalue weighted by atomic mass is 9.94. The molecule has 1 aliphatic rings. The molecule has 0 radical (unpaired) electrons. The molecule has 3 atom stereocenters. The van der Waals surface area contributed by atoms with Crippen LogP contribution in [0.3, 0.4) is 0 Å². The van der Waals surface area contributed by atoms with E-state index in [1.54, 1.807) is 7.11 Å². The molecule has 1 fully saturated rings. The van der Waals surface area contributed by atoms with Crippen LogP contribution in [-0.4, -0.2) is 43.1 Å². The Bertz CT molecular complexity index is 165. The molecule has 0 bridgehead atoms. The van der Waals surface area contributed by atoms with Gasteiger partial charge in [0.2, 0.25) is 0 Å². The van der Waals surface area contributed by atoms with Crippen LogP contribution in [0.1, 0.15) is 32.6 Å². The normalized spacial score (nSPS) is 30.6. The largest absolute Gasteiger partial charge is 0.380 e. The zero-order valence-electron chi connectivity index (χ0n) is 9.50. The van der Waals surface area contributed by atoms with Crippen molar-refractivity contribution in [1.29, 1.82) is 0 Å². The van der Waals surface area contributed by atoms with E-state index in [4.69, 9.17) is 16.3 Å². The molecule has 84 valence electrons. The summed E-state index contributed by atoms with van der Waals surface area (Å²) < 4.78 is 5.26. The third kappa shape index (κ3) is 3.41. The highest BCUT2D eigenvalue weighted by atomic mass is 35.5. The summed E-state index contributed by atoms with van der Waals surface area (Å²) in [5.74, 6) is 0. The minimum absolute atomic E-state index is 0.297. The van der Waals surface area contributed by atoms with Crippen molar-refractivity contribution in [3.05, 3.63) is 0 Å². The third-order valence-electron chi connectivity index (χ3n) is 3.16. The number of hydrogen-bond acceptors (Lipinski definition) is 2. The Morgan fingerprint density at radius 3 is 2.64 bits per heavy atom. The Morgan fingerprint density at radius 1 is 1.43 bits per heavy atom. The molecule has 1 rings (SSSR count). The zero-order valence-corrected chi connectivity index (χ0v) is 10.3. The maximum Gasteiger partial charge on any atom is 0.0670 e. The van der Waals surface area contributed by atoms with Crippen LogP contribution in [0.25, 0.3) is 0 Å². The standard InChI is InChI=1S/C11H22ClNO/c1-9(14-3)8-13(2)11-7-5-4-6-10(11)12/h9-11H,4-8H2,1-3H3. The topological polar surface area (TPSA) is 12.5 Å². The van der Waals surface area contributed by atoms with Gasteiger partial charge in [0.05, 0.1) is 6.10 Å². The van der Waals surface area contributed by atoms with Crippen molar-refractivity contribution in [2.75, 3.05) is 20.7 Å². The van der Waals surface area contributed by atoms with Crippen molar-refractivity contribution in [2.45, 2.75) is 50.1 Å². The Labute approximate surface area is 92.6 Å². The molecule has 3 unspecified atom stereocenters. The smallest absolute Gasteiger partial charge is 0.0670 e. The van der Waals surface area contributed by atoms with E-state index in [-0.39, 0.29) is 0 Å². The molecular weight excluding hydrogens is 198 g/mol. The number of hydrogen-bond donors (Lipinski definition) is 0. The molecule has 1 saturated carbocycles. The van der Waals surface area contributed by atoms with Crippen LogP contribution in [0.15, 0.2) is 0 Å². The second kappa shape index (κ2) is 5.94. The number of ether oxygens (including phenoxy) is 1. The molecule has 0 saturated heterocycles. The van der Waals surface area contributed by atoms with E-state index < -0.39 is 0 Å². The molecule has 0 N–H and O–H groups in total. The first kappa shape index (κ1) is 12.3. The predicted octanol–water partition coefficient (Wildman–Crippen LogP) is 2.50. The first-order valence-electron chi connectivity index (χ1n) is 5.52. The molecule has 0 aromatic carbocycles. The highest BCUT2D eigenvalue weighted by molar-refractivity contribution is 6.21. The van der Waals surface area contributed by atoms with Gasteiger partial charge in [-0.3, -0.25) is 4.90 Å². The van der Waals surface area contributed by atoms with Crippen LogP contribution in [0, 0.1) is 0 Å². The summed E-state index contributed by atoms with van der Waals surface area (Å²) in [6.45, 7) is 3.08. The van der Waals surface area contributed by atoms with Crippen molar-refractivity contribution in [1.82, 2.24) is 4.90 Å². The van der Waals surface area contributed by atoms with Crippen LogP contribution < -0.4 is 0 Å². The predicted molar refractivity (Wildman–Crippen MR) is 61.0 cm³/mol. The maximum absolute atomic E-state index is 6.32. The molecule has 0 spiro atoms. The van der Waals surface area contributed by atoms with Crippen molar-refractivity contribution >= 4 is 11.6 Å². The molecule has 3 heteroatoms.